The Balaban J connectivity index is 1.56. The summed E-state index contributed by atoms with van der Waals surface area (Å²) in [6.45, 7) is 2.11. The Labute approximate surface area is 181 Å². The molecule has 1 saturated heterocycles. The van der Waals surface area contributed by atoms with Gasteiger partial charge in [-0.3, -0.25) is 9.69 Å². The van der Waals surface area contributed by atoms with Crippen molar-refractivity contribution in [3.8, 4) is 11.3 Å². The Hall–Kier alpha value is -2.83. The minimum absolute atomic E-state index is 0.0986. The maximum Gasteiger partial charge on any atom is 0.329 e. The van der Waals surface area contributed by atoms with Gasteiger partial charge in [0, 0.05) is 21.1 Å². The zero-order valence-electron chi connectivity index (χ0n) is 15.4. The lowest BCUT2D eigenvalue weighted by molar-refractivity contribution is -0.123. The number of rotatable bonds is 4. The minimum atomic E-state index is -0.491. The van der Waals surface area contributed by atoms with Crippen LogP contribution in [0, 0.1) is 6.92 Å². The van der Waals surface area contributed by atoms with Gasteiger partial charge in [-0.2, -0.15) is 0 Å². The highest BCUT2D eigenvalue weighted by atomic mass is 79.9. The third-order valence-corrected chi connectivity index (χ3v) is 5.58. The molecule has 2 heterocycles. The molecule has 0 saturated carbocycles. The molecule has 1 aromatic heterocycles. The third-order valence-electron chi connectivity index (χ3n) is 4.55. The number of aryl methyl sites for hydroxylation is 1. The first kappa shape index (κ1) is 19.5. The van der Waals surface area contributed by atoms with Gasteiger partial charge in [0.15, 0.2) is 0 Å². The average Bonchev–Trinajstić information content (AvgIpc) is 3.24. The molecule has 1 fully saturated rings. The quantitative estimate of drug-likeness (QED) is 0.388. The van der Waals surface area contributed by atoms with Crippen LogP contribution >= 0.6 is 27.5 Å². The summed E-state index contributed by atoms with van der Waals surface area (Å²) in [6, 6.07) is 16.2. The second kappa shape index (κ2) is 7.89. The maximum absolute atomic E-state index is 12.7. The van der Waals surface area contributed by atoms with Crippen molar-refractivity contribution in [2.24, 2.45) is 0 Å². The van der Waals surface area contributed by atoms with Crippen LogP contribution in [0.5, 0.6) is 0 Å². The van der Waals surface area contributed by atoms with Crippen LogP contribution < -0.4 is 5.32 Å². The molecule has 1 N–H and O–H groups in total. The second-order valence-corrected chi connectivity index (χ2v) is 7.92. The lowest BCUT2D eigenvalue weighted by Gasteiger charge is -2.12. The van der Waals surface area contributed by atoms with E-state index >= 15 is 0 Å². The van der Waals surface area contributed by atoms with E-state index in [1.54, 1.807) is 24.3 Å². The number of halogens is 2. The third kappa shape index (κ3) is 3.99. The molecular formula is C22H16BrClN2O3. The van der Waals surface area contributed by atoms with E-state index in [9.17, 15) is 9.59 Å². The SMILES string of the molecule is Cc1ccc(-c2ccc(/C=C3\NC(=O)N(Cc4ccccc4Cl)C3=O)o2)c(Br)c1. The van der Waals surface area contributed by atoms with Crippen molar-refractivity contribution in [2.45, 2.75) is 13.5 Å². The molecule has 1 aliphatic heterocycles. The second-order valence-electron chi connectivity index (χ2n) is 6.66. The Bertz CT molecular complexity index is 1150. The first-order valence-electron chi connectivity index (χ1n) is 8.86. The van der Waals surface area contributed by atoms with Crippen molar-refractivity contribution in [2.75, 3.05) is 0 Å². The molecule has 0 radical (unpaired) electrons. The van der Waals surface area contributed by atoms with Crippen LogP contribution in [0.15, 0.2) is 69.2 Å². The predicted molar refractivity (Wildman–Crippen MR) is 115 cm³/mol. The molecule has 0 aliphatic carbocycles. The van der Waals surface area contributed by atoms with Crippen molar-refractivity contribution in [3.63, 3.8) is 0 Å². The zero-order chi connectivity index (χ0) is 20.5. The molecule has 0 unspecified atom stereocenters. The summed E-state index contributed by atoms with van der Waals surface area (Å²) in [7, 11) is 0. The first-order valence-corrected chi connectivity index (χ1v) is 10.0. The molecule has 146 valence electrons. The van der Waals surface area contributed by atoms with Crippen molar-refractivity contribution in [3.05, 3.63) is 86.7 Å². The number of hydrogen-bond donors (Lipinski definition) is 1. The van der Waals surface area contributed by atoms with Crippen molar-refractivity contribution < 1.29 is 14.0 Å². The van der Waals surface area contributed by atoms with Gasteiger partial charge in [0.1, 0.15) is 17.2 Å². The van der Waals surface area contributed by atoms with Gasteiger partial charge in [0.25, 0.3) is 5.91 Å². The number of urea groups is 1. The zero-order valence-corrected chi connectivity index (χ0v) is 17.8. The van der Waals surface area contributed by atoms with E-state index in [4.69, 9.17) is 16.0 Å². The molecule has 5 nitrogen and oxygen atoms in total. The topological polar surface area (TPSA) is 62.6 Å². The molecule has 3 amide bonds. The smallest absolute Gasteiger partial charge is 0.329 e. The number of amides is 3. The van der Waals surface area contributed by atoms with Gasteiger partial charge >= 0.3 is 6.03 Å². The van der Waals surface area contributed by atoms with Crippen LogP contribution in [0.3, 0.4) is 0 Å². The number of hydrogen-bond acceptors (Lipinski definition) is 3. The van der Waals surface area contributed by atoms with E-state index in [0.717, 1.165) is 20.5 Å². The van der Waals surface area contributed by atoms with Gasteiger partial charge in [-0.25, -0.2) is 4.79 Å². The molecule has 3 aromatic rings. The standard InChI is InChI=1S/C22H16BrClN2O3/c1-13-6-8-16(17(23)10-13)20-9-7-15(29-20)11-19-21(27)26(22(28)25-19)12-14-4-2-3-5-18(14)24/h2-11H,12H2,1H3,(H,25,28)/b19-11-. The fraction of sp³-hybridized carbons (Fsp3) is 0.0909. The summed E-state index contributed by atoms with van der Waals surface area (Å²) >= 11 is 9.68. The van der Waals surface area contributed by atoms with Crippen LogP contribution in [0.1, 0.15) is 16.9 Å². The van der Waals surface area contributed by atoms with E-state index in [1.165, 1.54) is 6.08 Å². The summed E-state index contributed by atoms with van der Waals surface area (Å²) in [5.74, 6) is 0.702. The Kier molecular flexibility index (Phi) is 5.30. The number of furan rings is 1. The molecule has 1 aliphatic rings. The van der Waals surface area contributed by atoms with Crippen molar-refractivity contribution >= 4 is 45.5 Å². The molecule has 0 spiro atoms. The maximum atomic E-state index is 12.7. The molecule has 0 bridgehead atoms. The minimum Gasteiger partial charge on any atom is -0.457 e. The van der Waals surface area contributed by atoms with Gasteiger partial charge in [0.2, 0.25) is 0 Å². The highest BCUT2D eigenvalue weighted by Gasteiger charge is 2.34. The lowest BCUT2D eigenvalue weighted by atomic mass is 10.1. The average molecular weight is 472 g/mol. The van der Waals surface area contributed by atoms with E-state index in [1.807, 2.05) is 37.3 Å². The summed E-state index contributed by atoms with van der Waals surface area (Å²) in [4.78, 5) is 26.1. The summed E-state index contributed by atoms with van der Waals surface area (Å²) in [6.07, 6.45) is 1.53. The number of imide groups is 1. The van der Waals surface area contributed by atoms with Crippen LogP contribution in [0.2, 0.25) is 5.02 Å². The normalized spacial score (nSPS) is 15.3. The molecule has 29 heavy (non-hydrogen) atoms. The first-order chi connectivity index (χ1) is 13.9. The van der Waals surface area contributed by atoms with Crippen LogP contribution in [0.25, 0.3) is 17.4 Å². The number of carbonyl (C=O) groups is 2. The van der Waals surface area contributed by atoms with Crippen LogP contribution in [0.4, 0.5) is 4.79 Å². The molecule has 2 aromatic carbocycles. The molecule has 0 atom stereocenters. The highest BCUT2D eigenvalue weighted by Crippen LogP contribution is 2.31. The van der Waals surface area contributed by atoms with E-state index in [-0.39, 0.29) is 12.2 Å². The molecule has 7 heteroatoms. The summed E-state index contributed by atoms with van der Waals surface area (Å²) in [5.41, 5.74) is 2.89. The van der Waals surface area contributed by atoms with Crippen LogP contribution in [-0.2, 0) is 11.3 Å². The highest BCUT2D eigenvalue weighted by molar-refractivity contribution is 9.10. The summed E-state index contributed by atoms with van der Waals surface area (Å²) < 4.78 is 6.78. The number of nitrogens with zero attached hydrogens (tertiary/aromatic N) is 1. The summed E-state index contributed by atoms with van der Waals surface area (Å²) in [5, 5.41) is 3.10. The van der Waals surface area contributed by atoms with Gasteiger partial charge in [0.05, 0.1) is 6.54 Å². The van der Waals surface area contributed by atoms with E-state index in [0.29, 0.717) is 22.1 Å². The van der Waals surface area contributed by atoms with Gasteiger partial charge in [-0.05, 0) is 48.4 Å². The van der Waals surface area contributed by atoms with Crippen molar-refractivity contribution in [1.82, 2.24) is 10.2 Å². The number of benzene rings is 2. The fourth-order valence-corrected chi connectivity index (χ4v) is 3.93. The van der Waals surface area contributed by atoms with Crippen molar-refractivity contribution in [1.29, 1.82) is 0 Å². The van der Waals surface area contributed by atoms with E-state index in [2.05, 4.69) is 21.2 Å². The molecular weight excluding hydrogens is 456 g/mol. The predicted octanol–water partition coefficient (Wildman–Crippen LogP) is 5.76. The van der Waals surface area contributed by atoms with Gasteiger partial charge in [-0.1, -0.05) is 51.8 Å². The van der Waals surface area contributed by atoms with Gasteiger partial charge in [-0.15, -0.1) is 0 Å². The fourth-order valence-electron chi connectivity index (χ4n) is 3.05. The monoisotopic (exact) mass is 470 g/mol. The Morgan fingerprint density at radius 3 is 2.69 bits per heavy atom. The Morgan fingerprint density at radius 2 is 1.93 bits per heavy atom. The molecule has 4 rings (SSSR count). The van der Waals surface area contributed by atoms with Gasteiger partial charge < -0.3 is 9.73 Å². The number of nitrogens with one attached hydrogen (secondary N) is 1. The van der Waals surface area contributed by atoms with E-state index < -0.39 is 11.9 Å². The lowest BCUT2D eigenvalue weighted by Crippen LogP contribution is -2.30. The Morgan fingerprint density at radius 1 is 1.14 bits per heavy atom. The number of carbonyl (C=O) groups excluding carboxylic acids is 2. The van der Waals surface area contributed by atoms with Crippen LogP contribution in [-0.4, -0.2) is 16.8 Å². The largest absolute Gasteiger partial charge is 0.457 e.